The van der Waals surface area contributed by atoms with Crippen LogP contribution in [0.25, 0.3) is 10.8 Å². The minimum absolute atomic E-state index is 0.578. The lowest BCUT2D eigenvalue weighted by Gasteiger charge is -2.07. The summed E-state index contributed by atoms with van der Waals surface area (Å²) in [6.45, 7) is 2.19. The highest BCUT2D eigenvalue weighted by molar-refractivity contribution is 9.09. The molecule has 0 aliphatic carbocycles. The van der Waals surface area contributed by atoms with Crippen molar-refractivity contribution in [3.8, 4) is 0 Å². The van der Waals surface area contributed by atoms with E-state index in [1.54, 1.807) is 0 Å². The zero-order valence-corrected chi connectivity index (χ0v) is 10.4. The van der Waals surface area contributed by atoms with Gasteiger partial charge in [0.15, 0.2) is 0 Å². The molecule has 78 valence electrons. The van der Waals surface area contributed by atoms with Crippen LogP contribution in [-0.4, -0.2) is 9.81 Å². The summed E-state index contributed by atoms with van der Waals surface area (Å²) in [6, 6.07) is 8.53. The fraction of sp³-hybridized carbons (Fsp3) is 0.308. The van der Waals surface area contributed by atoms with Gasteiger partial charge < -0.3 is 0 Å². The fourth-order valence-corrected chi connectivity index (χ4v) is 1.99. The predicted octanol–water partition coefficient (Wildman–Crippen LogP) is 3.95. The molecule has 2 rings (SSSR count). The van der Waals surface area contributed by atoms with Gasteiger partial charge in [0.25, 0.3) is 0 Å². The molecule has 2 heteroatoms. The van der Waals surface area contributed by atoms with Gasteiger partial charge in [-0.1, -0.05) is 41.1 Å². The molecule has 1 heterocycles. The van der Waals surface area contributed by atoms with Crippen molar-refractivity contribution in [3.05, 3.63) is 42.2 Å². The van der Waals surface area contributed by atoms with Crippen LogP contribution in [0.15, 0.2) is 36.7 Å². The minimum Gasteiger partial charge on any atom is -0.264 e. The summed E-state index contributed by atoms with van der Waals surface area (Å²) in [4.78, 5) is 4.72. The first kappa shape index (κ1) is 10.6. The second-order valence-electron chi connectivity index (χ2n) is 3.83. The molecule has 0 aliphatic rings. The summed E-state index contributed by atoms with van der Waals surface area (Å²) in [5, 5.41) is 2.57. The van der Waals surface area contributed by atoms with Crippen molar-refractivity contribution in [3.63, 3.8) is 0 Å². The van der Waals surface area contributed by atoms with Crippen molar-refractivity contribution in [2.24, 2.45) is 0 Å². The highest BCUT2D eigenvalue weighted by Crippen LogP contribution is 2.20. The molecule has 15 heavy (non-hydrogen) atoms. The molecule has 0 aliphatic heterocycles. The molecule has 1 atom stereocenters. The lowest BCUT2D eigenvalue weighted by molar-refractivity contribution is 0.826. The number of alkyl halides is 1. The smallest absolute Gasteiger partial charge is 0.0346 e. The average molecular weight is 264 g/mol. The number of hydrogen-bond acceptors (Lipinski definition) is 1. The van der Waals surface area contributed by atoms with Gasteiger partial charge in [0.2, 0.25) is 0 Å². The first-order chi connectivity index (χ1) is 7.27. The van der Waals surface area contributed by atoms with Crippen molar-refractivity contribution < 1.29 is 0 Å². The standard InChI is InChI=1S/C13H14BrN/c1-10(14)5-6-11-3-2-4-12-9-15-8-7-13(11)12/h2-4,7-10H,5-6H2,1H3. The molecule has 0 N–H and O–H groups in total. The minimum atomic E-state index is 0.578. The third-order valence-electron chi connectivity index (χ3n) is 2.58. The molecule has 1 nitrogen and oxygen atoms in total. The van der Waals surface area contributed by atoms with Crippen molar-refractivity contribution >= 4 is 26.7 Å². The first-order valence-corrected chi connectivity index (χ1v) is 6.14. The number of aryl methyl sites for hydroxylation is 1. The van der Waals surface area contributed by atoms with Gasteiger partial charge in [0, 0.05) is 22.6 Å². The summed E-state index contributed by atoms with van der Waals surface area (Å²) in [5.74, 6) is 0. The molecule has 1 unspecified atom stereocenters. The number of nitrogens with zero attached hydrogens (tertiary/aromatic N) is 1. The molecule has 0 saturated heterocycles. The maximum atomic E-state index is 4.14. The van der Waals surface area contributed by atoms with Crippen LogP contribution in [0.5, 0.6) is 0 Å². The Balaban J connectivity index is 2.34. The quantitative estimate of drug-likeness (QED) is 0.765. The largest absolute Gasteiger partial charge is 0.264 e. The Bertz CT molecular complexity index is 446. The van der Waals surface area contributed by atoms with E-state index in [1.165, 1.54) is 22.8 Å². The van der Waals surface area contributed by atoms with E-state index in [-0.39, 0.29) is 0 Å². The van der Waals surface area contributed by atoms with E-state index < -0.39 is 0 Å². The molecule has 1 aromatic carbocycles. The number of hydrogen-bond donors (Lipinski definition) is 0. The second-order valence-corrected chi connectivity index (χ2v) is 5.40. The maximum Gasteiger partial charge on any atom is 0.0346 e. The summed E-state index contributed by atoms with van der Waals surface area (Å²) in [7, 11) is 0. The van der Waals surface area contributed by atoms with E-state index in [0.29, 0.717) is 4.83 Å². The van der Waals surface area contributed by atoms with E-state index in [1.807, 2.05) is 12.4 Å². The molecule has 0 radical (unpaired) electrons. The Morgan fingerprint density at radius 1 is 1.33 bits per heavy atom. The van der Waals surface area contributed by atoms with E-state index in [0.717, 1.165) is 6.42 Å². The summed E-state index contributed by atoms with van der Waals surface area (Å²) < 4.78 is 0. The predicted molar refractivity (Wildman–Crippen MR) is 68.5 cm³/mol. The molecule has 0 spiro atoms. The number of fused-ring (bicyclic) bond motifs is 1. The fourth-order valence-electron chi connectivity index (χ4n) is 1.76. The molecule has 0 saturated carbocycles. The normalized spacial score (nSPS) is 12.9. The number of pyridine rings is 1. The van der Waals surface area contributed by atoms with Gasteiger partial charge in [-0.15, -0.1) is 0 Å². The maximum absolute atomic E-state index is 4.14. The molecule has 0 bridgehead atoms. The van der Waals surface area contributed by atoms with Gasteiger partial charge >= 0.3 is 0 Å². The van der Waals surface area contributed by atoms with Crippen LogP contribution < -0.4 is 0 Å². The number of rotatable bonds is 3. The number of aromatic nitrogens is 1. The van der Waals surface area contributed by atoms with E-state index in [2.05, 4.69) is 52.1 Å². The van der Waals surface area contributed by atoms with Crippen molar-refractivity contribution in [1.29, 1.82) is 0 Å². The van der Waals surface area contributed by atoms with Crippen LogP contribution in [-0.2, 0) is 6.42 Å². The molecular weight excluding hydrogens is 250 g/mol. The third-order valence-corrected chi connectivity index (χ3v) is 3.04. The summed E-state index contributed by atoms with van der Waals surface area (Å²) in [5.41, 5.74) is 1.42. The highest BCUT2D eigenvalue weighted by atomic mass is 79.9. The lowest BCUT2D eigenvalue weighted by Crippen LogP contribution is -1.95. The lowest BCUT2D eigenvalue weighted by atomic mass is 10.0. The number of benzene rings is 1. The van der Waals surface area contributed by atoms with Crippen LogP contribution in [0.4, 0.5) is 0 Å². The SMILES string of the molecule is CC(Br)CCc1cccc2cnccc12. The molecule has 1 aromatic heterocycles. The van der Waals surface area contributed by atoms with Gasteiger partial charge in [-0.25, -0.2) is 0 Å². The second kappa shape index (κ2) is 4.75. The molecule has 0 fully saturated rings. The van der Waals surface area contributed by atoms with E-state index >= 15 is 0 Å². The Kier molecular flexibility index (Phi) is 3.37. The zero-order chi connectivity index (χ0) is 10.7. The zero-order valence-electron chi connectivity index (χ0n) is 8.78. The topological polar surface area (TPSA) is 12.9 Å². The van der Waals surface area contributed by atoms with Gasteiger partial charge in [-0.05, 0) is 29.9 Å². The van der Waals surface area contributed by atoms with Gasteiger partial charge in [0.1, 0.15) is 0 Å². The summed E-state index contributed by atoms with van der Waals surface area (Å²) >= 11 is 3.58. The third kappa shape index (κ3) is 2.57. The Labute approximate surface area is 98.7 Å². The Morgan fingerprint density at radius 3 is 3.00 bits per heavy atom. The molecule has 0 amide bonds. The first-order valence-electron chi connectivity index (χ1n) is 5.23. The Morgan fingerprint density at radius 2 is 2.20 bits per heavy atom. The van der Waals surface area contributed by atoms with Crippen LogP contribution >= 0.6 is 15.9 Å². The van der Waals surface area contributed by atoms with Crippen LogP contribution in [0.2, 0.25) is 0 Å². The number of halogens is 1. The van der Waals surface area contributed by atoms with Gasteiger partial charge in [-0.2, -0.15) is 0 Å². The van der Waals surface area contributed by atoms with Crippen LogP contribution in [0.3, 0.4) is 0 Å². The van der Waals surface area contributed by atoms with E-state index in [9.17, 15) is 0 Å². The average Bonchev–Trinajstić information content (AvgIpc) is 2.26. The van der Waals surface area contributed by atoms with Crippen molar-refractivity contribution in [1.82, 2.24) is 4.98 Å². The van der Waals surface area contributed by atoms with Crippen molar-refractivity contribution in [2.45, 2.75) is 24.6 Å². The van der Waals surface area contributed by atoms with Gasteiger partial charge in [-0.3, -0.25) is 4.98 Å². The monoisotopic (exact) mass is 263 g/mol. The van der Waals surface area contributed by atoms with Crippen molar-refractivity contribution in [2.75, 3.05) is 0 Å². The van der Waals surface area contributed by atoms with Gasteiger partial charge in [0.05, 0.1) is 0 Å². The summed E-state index contributed by atoms with van der Waals surface area (Å²) in [6.07, 6.45) is 6.08. The van der Waals surface area contributed by atoms with Crippen LogP contribution in [0.1, 0.15) is 18.9 Å². The highest BCUT2D eigenvalue weighted by Gasteiger charge is 2.02. The Hall–Kier alpha value is -0.890. The van der Waals surface area contributed by atoms with E-state index in [4.69, 9.17) is 0 Å². The molecular formula is C13H14BrN. The van der Waals surface area contributed by atoms with Crippen LogP contribution in [0, 0.1) is 0 Å². The molecule has 2 aromatic rings.